The summed E-state index contributed by atoms with van der Waals surface area (Å²) in [4.78, 5) is 30.8. The maximum Gasteiger partial charge on any atom is 0.271 e. The van der Waals surface area contributed by atoms with Crippen LogP contribution in [0.1, 0.15) is 11.1 Å². The van der Waals surface area contributed by atoms with Gasteiger partial charge in [0.25, 0.3) is 5.56 Å². The van der Waals surface area contributed by atoms with Crippen LogP contribution in [0.5, 0.6) is 0 Å². The van der Waals surface area contributed by atoms with Gasteiger partial charge < -0.3 is 14.8 Å². The van der Waals surface area contributed by atoms with E-state index in [9.17, 15) is 19.2 Å². The van der Waals surface area contributed by atoms with E-state index in [4.69, 9.17) is 0 Å². The van der Waals surface area contributed by atoms with Gasteiger partial charge in [-0.05, 0) is 35.9 Å². The lowest BCUT2D eigenvalue weighted by Gasteiger charge is -2.39. The Labute approximate surface area is 171 Å². The summed E-state index contributed by atoms with van der Waals surface area (Å²) in [5.74, 6) is -0.523. The highest BCUT2D eigenvalue weighted by Gasteiger charge is 2.31. The van der Waals surface area contributed by atoms with Gasteiger partial charge >= 0.3 is 0 Å². The number of likely N-dealkylation sites (tertiary alicyclic amines) is 1. The van der Waals surface area contributed by atoms with Crippen molar-refractivity contribution >= 4 is 22.6 Å². The number of carbonyl (C=O) groups is 1. The number of fused-ring (bicyclic) bond motifs is 1. The monoisotopic (exact) mass is 403 g/mol. The van der Waals surface area contributed by atoms with Crippen molar-refractivity contribution < 1.29 is 9.18 Å². The lowest BCUT2D eigenvalue weighted by Crippen LogP contribution is -2.56. The number of nitrogens with one attached hydrogen (secondary N) is 1. The summed E-state index contributed by atoms with van der Waals surface area (Å²) >= 11 is 0. The number of anilines is 1. The maximum atomic E-state index is 13.2. The average molecular weight is 403 g/mol. The van der Waals surface area contributed by atoms with E-state index < -0.39 is 5.56 Å². The van der Waals surface area contributed by atoms with Crippen molar-refractivity contribution in [1.82, 2.24) is 14.5 Å². The first-order valence-electron chi connectivity index (χ1n) is 9.35. The smallest absolute Gasteiger partial charge is 0.271 e. The maximum absolute atomic E-state index is 13.2. The summed E-state index contributed by atoms with van der Waals surface area (Å²) in [5, 5.41) is 12.9. The number of pyridine rings is 2. The first-order chi connectivity index (χ1) is 14.5. The standard InChI is InChI=1S/C22H18FN5O2/c1-2-19(29)27-12-16(13-27)26-20-17(10-24)22(30)28(18-4-3-9-25-21(18)20)11-14-5-7-15(23)8-6-14/h2-9,16,26H,1,11-13H2. The molecule has 1 aliphatic rings. The van der Waals surface area contributed by atoms with E-state index in [1.165, 1.54) is 22.8 Å². The average Bonchev–Trinajstić information content (AvgIpc) is 2.73. The fraction of sp³-hybridized carbons (Fsp3) is 0.182. The van der Waals surface area contributed by atoms with Crippen molar-refractivity contribution in [2.45, 2.75) is 12.6 Å². The number of hydrogen-bond donors (Lipinski definition) is 1. The second kappa shape index (κ2) is 7.79. The molecule has 0 atom stereocenters. The quantitative estimate of drug-likeness (QED) is 0.660. The van der Waals surface area contributed by atoms with Crippen molar-refractivity contribution in [2.24, 2.45) is 0 Å². The summed E-state index contributed by atoms with van der Waals surface area (Å²) in [7, 11) is 0. The molecule has 1 saturated heterocycles. The number of rotatable bonds is 5. The van der Waals surface area contributed by atoms with Crippen molar-refractivity contribution in [1.29, 1.82) is 5.26 Å². The molecular weight excluding hydrogens is 385 g/mol. The van der Waals surface area contributed by atoms with Crippen LogP contribution < -0.4 is 10.9 Å². The number of halogens is 1. The molecule has 1 aromatic carbocycles. The first kappa shape index (κ1) is 19.3. The zero-order valence-corrected chi connectivity index (χ0v) is 16.0. The summed E-state index contributed by atoms with van der Waals surface area (Å²) in [6.45, 7) is 4.55. The summed E-state index contributed by atoms with van der Waals surface area (Å²) in [5.41, 5.74) is 1.64. The predicted octanol–water partition coefficient (Wildman–Crippen LogP) is 2.26. The van der Waals surface area contributed by atoms with Crippen LogP contribution in [0.2, 0.25) is 0 Å². The van der Waals surface area contributed by atoms with Crippen molar-refractivity contribution in [3.63, 3.8) is 0 Å². The Morgan fingerprint density at radius 1 is 1.33 bits per heavy atom. The number of amides is 1. The molecule has 1 fully saturated rings. The highest BCUT2D eigenvalue weighted by molar-refractivity contribution is 5.92. The molecule has 7 nitrogen and oxygen atoms in total. The van der Waals surface area contributed by atoms with Gasteiger partial charge in [0.15, 0.2) is 0 Å². The van der Waals surface area contributed by atoms with Gasteiger partial charge in [0, 0.05) is 19.3 Å². The number of nitriles is 1. The predicted molar refractivity (Wildman–Crippen MR) is 110 cm³/mol. The molecule has 150 valence electrons. The molecule has 0 bridgehead atoms. The zero-order chi connectivity index (χ0) is 21.3. The van der Waals surface area contributed by atoms with E-state index in [1.807, 2.05) is 6.07 Å². The van der Waals surface area contributed by atoms with Gasteiger partial charge in [-0.15, -0.1) is 0 Å². The third-order valence-electron chi connectivity index (χ3n) is 5.11. The zero-order valence-electron chi connectivity index (χ0n) is 16.0. The molecule has 1 amide bonds. The number of benzene rings is 1. The van der Waals surface area contributed by atoms with Crippen LogP contribution in [0.25, 0.3) is 11.0 Å². The molecule has 3 heterocycles. The molecule has 0 aliphatic carbocycles. The van der Waals surface area contributed by atoms with Gasteiger partial charge in [0.05, 0.1) is 23.8 Å². The molecule has 4 rings (SSSR count). The third kappa shape index (κ3) is 3.42. The largest absolute Gasteiger partial charge is 0.376 e. The number of hydrogen-bond acceptors (Lipinski definition) is 5. The molecule has 3 aromatic rings. The van der Waals surface area contributed by atoms with Crippen molar-refractivity contribution in [2.75, 3.05) is 18.4 Å². The second-order valence-corrected chi connectivity index (χ2v) is 7.04. The summed E-state index contributed by atoms with van der Waals surface area (Å²) in [6, 6.07) is 11.2. The highest BCUT2D eigenvalue weighted by Crippen LogP contribution is 2.26. The van der Waals surface area contributed by atoms with E-state index in [-0.39, 0.29) is 29.9 Å². The Morgan fingerprint density at radius 3 is 2.73 bits per heavy atom. The minimum atomic E-state index is -0.455. The van der Waals surface area contributed by atoms with E-state index in [0.717, 1.165) is 5.56 Å². The summed E-state index contributed by atoms with van der Waals surface area (Å²) < 4.78 is 14.7. The molecule has 0 radical (unpaired) electrons. The van der Waals surface area contributed by atoms with Gasteiger partial charge in [0.1, 0.15) is 23.0 Å². The van der Waals surface area contributed by atoms with Gasteiger partial charge in [-0.25, -0.2) is 4.39 Å². The molecule has 0 spiro atoms. The Bertz CT molecular complexity index is 1240. The van der Waals surface area contributed by atoms with Gasteiger partial charge in [-0.1, -0.05) is 18.7 Å². The molecule has 8 heteroatoms. The Balaban J connectivity index is 1.75. The minimum absolute atomic E-state index is 0.0446. The van der Waals surface area contributed by atoms with Gasteiger partial charge in [0.2, 0.25) is 5.91 Å². The second-order valence-electron chi connectivity index (χ2n) is 7.04. The Kier molecular flexibility index (Phi) is 5.02. The van der Waals surface area contributed by atoms with Crippen LogP contribution in [0, 0.1) is 17.1 Å². The van der Waals surface area contributed by atoms with Crippen LogP contribution in [0.4, 0.5) is 10.1 Å². The fourth-order valence-electron chi connectivity index (χ4n) is 3.53. The van der Waals surface area contributed by atoms with Gasteiger partial charge in [-0.3, -0.25) is 14.6 Å². The molecule has 30 heavy (non-hydrogen) atoms. The SMILES string of the molecule is C=CC(=O)N1CC(Nc2c(C#N)c(=O)n(Cc3ccc(F)cc3)c3cccnc23)C1. The number of carbonyl (C=O) groups excluding carboxylic acids is 1. The Hall–Kier alpha value is -3.99. The lowest BCUT2D eigenvalue weighted by molar-refractivity contribution is -0.129. The van der Waals surface area contributed by atoms with Crippen LogP contribution >= 0.6 is 0 Å². The molecule has 1 aliphatic heterocycles. The molecule has 0 saturated carbocycles. The van der Waals surface area contributed by atoms with Crippen LogP contribution in [0.15, 0.2) is 60.0 Å². The van der Waals surface area contributed by atoms with Crippen molar-refractivity contribution in [3.8, 4) is 6.07 Å². The normalized spacial score (nSPS) is 13.5. The topological polar surface area (TPSA) is 91.0 Å². The van der Waals surface area contributed by atoms with E-state index in [0.29, 0.717) is 29.8 Å². The molecule has 1 N–H and O–H groups in total. The van der Waals surface area contributed by atoms with E-state index >= 15 is 0 Å². The number of nitrogens with zero attached hydrogens (tertiary/aromatic N) is 4. The molecule has 0 unspecified atom stereocenters. The highest BCUT2D eigenvalue weighted by atomic mass is 19.1. The number of aromatic nitrogens is 2. The van der Waals surface area contributed by atoms with Gasteiger partial charge in [-0.2, -0.15) is 5.26 Å². The fourth-order valence-corrected chi connectivity index (χ4v) is 3.53. The Morgan fingerprint density at radius 2 is 2.07 bits per heavy atom. The van der Waals surface area contributed by atoms with Crippen LogP contribution in [-0.2, 0) is 11.3 Å². The first-order valence-corrected chi connectivity index (χ1v) is 9.35. The lowest BCUT2D eigenvalue weighted by atomic mass is 10.1. The molecule has 2 aromatic heterocycles. The third-order valence-corrected chi connectivity index (χ3v) is 5.11. The van der Waals surface area contributed by atoms with Crippen LogP contribution in [-0.4, -0.2) is 39.5 Å². The van der Waals surface area contributed by atoms with E-state index in [1.54, 1.807) is 35.4 Å². The molecular formula is C22H18FN5O2. The van der Waals surface area contributed by atoms with E-state index in [2.05, 4.69) is 16.9 Å². The summed E-state index contributed by atoms with van der Waals surface area (Å²) in [6.07, 6.45) is 2.85. The van der Waals surface area contributed by atoms with Crippen molar-refractivity contribution in [3.05, 3.63) is 82.5 Å². The minimum Gasteiger partial charge on any atom is -0.376 e. The van der Waals surface area contributed by atoms with Crippen LogP contribution in [0.3, 0.4) is 0 Å².